The van der Waals surface area contributed by atoms with Crippen LogP contribution >= 0.6 is 0 Å². The van der Waals surface area contributed by atoms with Gasteiger partial charge in [-0.2, -0.15) is 9.97 Å². The Balaban J connectivity index is 1.53. The number of aryl methyl sites for hydroxylation is 2. The number of hydrogen-bond acceptors (Lipinski definition) is 8. The Hall–Kier alpha value is -3.72. The third-order valence-corrected chi connectivity index (χ3v) is 5.76. The molecule has 9 nitrogen and oxygen atoms in total. The van der Waals surface area contributed by atoms with Crippen molar-refractivity contribution in [2.75, 3.05) is 42.1 Å². The van der Waals surface area contributed by atoms with Crippen LogP contribution in [-0.2, 0) is 6.54 Å². The number of nitrogens with zero attached hydrogens (tertiary/aromatic N) is 5. The molecule has 166 valence electrons. The molecule has 1 aromatic heterocycles. The predicted octanol–water partition coefficient (Wildman–Crippen LogP) is 3.65. The number of nitrogens with two attached hydrogens (primary N) is 1. The normalized spacial score (nSPS) is 14.4. The molecule has 0 radical (unpaired) electrons. The van der Waals surface area contributed by atoms with E-state index in [9.17, 15) is 10.1 Å². The largest absolute Gasteiger partial charge is 0.378 e. The molecule has 0 saturated carbocycles. The van der Waals surface area contributed by atoms with E-state index in [0.717, 1.165) is 30.8 Å². The minimum absolute atomic E-state index is 0.104. The lowest BCUT2D eigenvalue weighted by Crippen LogP contribution is -2.46. The summed E-state index contributed by atoms with van der Waals surface area (Å²) in [5.74, 6) is 0.365. The highest BCUT2D eigenvalue weighted by atomic mass is 16.6. The molecule has 0 unspecified atom stereocenters. The van der Waals surface area contributed by atoms with Gasteiger partial charge in [-0.3, -0.25) is 15.0 Å². The van der Waals surface area contributed by atoms with Crippen LogP contribution in [-0.4, -0.2) is 46.0 Å². The van der Waals surface area contributed by atoms with Gasteiger partial charge in [0.15, 0.2) is 0 Å². The second-order valence-corrected chi connectivity index (χ2v) is 8.04. The van der Waals surface area contributed by atoms with Crippen molar-refractivity contribution in [2.24, 2.45) is 0 Å². The molecule has 0 aliphatic carbocycles. The summed E-state index contributed by atoms with van der Waals surface area (Å²) in [4.78, 5) is 24.2. The molecule has 3 aromatic rings. The quantitative estimate of drug-likeness (QED) is 0.447. The van der Waals surface area contributed by atoms with Gasteiger partial charge in [0, 0.05) is 38.4 Å². The topological polar surface area (TPSA) is 113 Å². The van der Waals surface area contributed by atoms with Gasteiger partial charge in [-0.05, 0) is 42.7 Å². The van der Waals surface area contributed by atoms with Gasteiger partial charge < -0.3 is 16.0 Å². The van der Waals surface area contributed by atoms with Gasteiger partial charge in [-0.15, -0.1) is 0 Å². The SMILES string of the molecule is Cc1ccc(Nc2nc(N3CCN(Cc4ccccc4)CC3)nc(N)c2[N+](=O)[O-])cc1C. The maximum atomic E-state index is 11.6. The molecule has 2 heterocycles. The average molecular weight is 434 g/mol. The van der Waals surface area contributed by atoms with Crippen molar-refractivity contribution in [3.05, 3.63) is 75.3 Å². The summed E-state index contributed by atoms with van der Waals surface area (Å²) >= 11 is 0. The van der Waals surface area contributed by atoms with E-state index in [1.54, 1.807) is 0 Å². The zero-order valence-electron chi connectivity index (χ0n) is 18.3. The highest BCUT2D eigenvalue weighted by Crippen LogP contribution is 2.33. The van der Waals surface area contributed by atoms with Crippen molar-refractivity contribution >= 4 is 29.0 Å². The summed E-state index contributed by atoms with van der Waals surface area (Å²) < 4.78 is 0. The molecule has 0 spiro atoms. The van der Waals surface area contributed by atoms with E-state index in [1.807, 2.05) is 55.1 Å². The lowest BCUT2D eigenvalue weighted by molar-refractivity contribution is -0.383. The van der Waals surface area contributed by atoms with Gasteiger partial charge in [-0.25, -0.2) is 0 Å². The predicted molar refractivity (Wildman–Crippen MR) is 126 cm³/mol. The Bertz CT molecular complexity index is 1110. The third-order valence-electron chi connectivity index (χ3n) is 5.76. The van der Waals surface area contributed by atoms with Crippen molar-refractivity contribution in [2.45, 2.75) is 20.4 Å². The van der Waals surface area contributed by atoms with Crippen molar-refractivity contribution in [1.82, 2.24) is 14.9 Å². The molecule has 1 saturated heterocycles. The first kappa shape index (κ1) is 21.5. The van der Waals surface area contributed by atoms with Crippen LogP contribution in [0.1, 0.15) is 16.7 Å². The second-order valence-electron chi connectivity index (χ2n) is 8.04. The maximum absolute atomic E-state index is 11.6. The summed E-state index contributed by atoms with van der Waals surface area (Å²) in [6, 6.07) is 16.1. The smallest absolute Gasteiger partial charge is 0.353 e. The molecule has 1 fully saturated rings. The first-order valence-corrected chi connectivity index (χ1v) is 10.6. The van der Waals surface area contributed by atoms with Crippen molar-refractivity contribution in [3.8, 4) is 0 Å². The Morgan fingerprint density at radius 1 is 1.03 bits per heavy atom. The number of hydrogen-bond donors (Lipinski definition) is 2. The van der Waals surface area contributed by atoms with E-state index < -0.39 is 4.92 Å². The van der Waals surface area contributed by atoms with E-state index in [-0.39, 0.29) is 17.3 Å². The Morgan fingerprint density at radius 3 is 2.41 bits per heavy atom. The van der Waals surface area contributed by atoms with Crippen LogP contribution in [0.2, 0.25) is 0 Å². The monoisotopic (exact) mass is 433 g/mol. The number of aromatic nitrogens is 2. The lowest BCUT2D eigenvalue weighted by atomic mass is 10.1. The Labute approximate surface area is 187 Å². The zero-order chi connectivity index (χ0) is 22.7. The molecule has 0 atom stereocenters. The molecule has 1 aliphatic heterocycles. The standard InChI is InChI=1S/C23H27N7O2/c1-16-8-9-19(14-17(16)2)25-22-20(30(31)32)21(24)26-23(27-22)29-12-10-28(11-13-29)15-18-6-4-3-5-7-18/h3-9,14H,10-13,15H2,1-2H3,(H3,24,25,26,27). The highest BCUT2D eigenvalue weighted by molar-refractivity contribution is 5.74. The first-order valence-electron chi connectivity index (χ1n) is 10.6. The van der Waals surface area contributed by atoms with Crippen LogP contribution < -0.4 is 16.0 Å². The van der Waals surface area contributed by atoms with E-state index in [1.165, 1.54) is 5.56 Å². The van der Waals surface area contributed by atoms with Crippen molar-refractivity contribution in [3.63, 3.8) is 0 Å². The van der Waals surface area contributed by atoms with Gasteiger partial charge >= 0.3 is 5.69 Å². The number of anilines is 4. The second kappa shape index (κ2) is 9.19. The fourth-order valence-electron chi connectivity index (χ4n) is 3.77. The van der Waals surface area contributed by atoms with E-state index in [4.69, 9.17) is 5.73 Å². The molecular formula is C23H27N7O2. The number of nitrogens with one attached hydrogen (secondary N) is 1. The number of benzene rings is 2. The fraction of sp³-hybridized carbons (Fsp3) is 0.304. The minimum Gasteiger partial charge on any atom is -0.378 e. The molecule has 0 amide bonds. The van der Waals surface area contributed by atoms with Crippen LogP contribution in [0, 0.1) is 24.0 Å². The van der Waals surface area contributed by atoms with Gasteiger partial charge in [-0.1, -0.05) is 36.4 Å². The Kier molecular flexibility index (Phi) is 6.18. The number of rotatable bonds is 6. The third kappa shape index (κ3) is 4.78. The van der Waals surface area contributed by atoms with Crippen LogP contribution in [0.4, 0.5) is 29.0 Å². The molecule has 3 N–H and O–H groups in total. The van der Waals surface area contributed by atoms with E-state index in [0.29, 0.717) is 24.7 Å². The zero-order valence-corrected chi connectivity index (χ0v) is 18.3. The van der Waals surface area contributed by atoms with Crippen LogP contribution in [0.25, 0.3) is 0 Å². The molecule has 0 bridgehead atoms. The van der Waals surface area contributed by atoms with Crippen LogP contribution in [0.3, 0.4) is 0 Å². The summed E-state index contributed by atoms with van der Waals surface area (Å²) in [5.41, 5.74) is 9.90. The van der Waals surface area contributed by atoms with E-state index in [2.05, 4.69) is 32.3 Å². The molecule has 2 aromatic carbocycles. The highest BCUT2D eigenvalue weighted by Gasteiger charge is 2.27. The molecular weight excluding hydrogens is 406 g/mol. The van der Waals surface area contributed by atoms with Crippen LogP contribution in [0.15, 0.2) is 48.5 Å². The van der Waals surface area contributed by atoms with Crippen molar-refractivity contribution in [1.29, 1.82) is 0 Å². The van der Waals surface area contributed by atoms with E-state index >= 15 is 0 Å². The molecule has 32 heavy (non-hydrogen) atoms. The van der Waals surface area contributed by atoms with Crippen LogP contribution in [0.5, 0.6) is 0 Å². The van der Waals surface area contributed by atoms with Gasteiger partial charge in [0.05, 0.1) is 4.92 Å². The number of nitro groups is 1. The maximum Gasteiger partial charge on any atom is 0.353 e. The summed E-state index contributed by atoms with van der Waals surface area (Å²) in [5, 5.41) is 14.7. The minimum atomic E-state index is -0.541. The molecule has 9 heteroatoms. The van der Waals surface area contributed by atoms with Crippen molar-refractivity contribution < 1.29 is 4.92 Å². The van der Waals surface area contributed by atoms with Gasteiger partial charge in [0.25, 0.3) is 0 Å². The number of nitrogen functional groups attached to an aromatic ring is 1. The summed E-state index contributed by atoms with van der Waals surface area (Å²) in [6.45, 7) is 8.01. The number of piperazine rings is 1. The average Bonchev–Trinajstić information content (AvgIpc) is 2.77. The summed E-state index contributed by atoms with van der Waals surface area (Å²) in [6.07, 6.45) is 0. The fourth-order valence-corrected chi connectivity index (χ4v) is 3.77. The Morgan fingerprint density at radius 2 is 1.75 bits per heavy atom. The molecule has 4 rings (SSSR count). The summed E-state index contributed by atoms with van der Waals surface area (Å²) in [7, 11) is 0. The van der Waals surface area contributed by atoms with Gasteiger partial charge in [0.1, 0.15) is 0 Å². The van der Waals surface area contributed by atoms with Gasteiger partial charge in [0.2, 0.25) is 17.6 Å². The lowest BCUT2D eigenvalue weighted by Gasteiger charge is -2.34. The first-order chi connectivity index (χ1) is 15.4. The molecule has 1 aliphatic rings.